The Morgan fingerprint density at radius 2 is 1.78 bits per heavy atom. The summed E-state index contributed by atoms with van der Waals surface area (Å²) in [7, 11) is 4.00. The third-order valence-electron chi connectivity index (χ3n) is 6.50. The molecule has 1 unspecified atom stereocenters. The molecule has 2 aromatic heterocycles. The summed E-state index contributed by atoms with van der Waals surface area (Å²) < 4.78 is 0. The highest BCUT2D eigenvalue weighted by atomic mass is 16.1. The number of aryl methyl sites for hydroxylation is 1. The Morgan fingerprint density at radius 3 is 2.57 bits per heavy atom. The van der Waals surface area contributed by atoms with Gasteiger partial charge in [0.05, 0.1) is 17.8 Å². The first-order valence-electron chi connectivity index (χ1n) is 12.0. The Kier molecular flexibility index (Phi) is 6.31. The predicted molar refractivity (Wildman–Crippen MR) is 151 cm³/mol. The normalized spacial score (nSPS) is 16.8. The van der Waals surface area contributed by atoms with Gasteiger partial charge >= 0.3 is 0 Å². The lowest BCUT2D eigenvalue weighted by molar-refractivity contribution is -0.121. The Hall–Kier alpha value is -4.72. The van der Waals surface area contributed by atoms with E-state index in [0.717, 1.165) is 44.9 Å². The minimum absolute atomic E-state index is 0.229. The van der Waals surface area contributed by atoms with Crippen molar-refractivity contribution >= 4 is 45.8 Å². The summed E-state index contributed by atoms with van der Waals surface area (Å²) in [4.78, 5) is 28.3. The lowest BCUT2D eigenvalue weighted by atomic mass is 9.77. The van der Waals surface area contributed by atoms with Crippen molar-refractivity contribution in [3.63, 3.8) is 0 Å². The average molecular weight is 492 g/mol. The summed E-state index contributed by atoms with van der Waals surface area (Å²) in [5, 5.41) is 7.81. The maximum absolute atomic E-state index is 13.0. The van der Waals surface area contributed by atoms with Crippen molar-refractivity contribution in [2.75, 3.05) is 36.2 Å². The molecule has 8 nitrogen and oxygen atoms in total. The van der Waals surface area contributed by atoms with Gasteiger partial charge in [0.25, 0.3) is 0 Å². The highest BCUT2D eigenvalue weighted by Gasteiger charge is 2.38. The highest BCUT2D eigenvalue weighted by Crippen LogP contribution is 2.34. The maximum atomic E-state index is 13.0. The molecule has 186 valence electrons. The summed E-state index contributed by atoms with van der Waals surface area (Å²) >= 11 is 0. The Morgan fingerprint density at radius 1 is 0.973 bits per heavy atom. The fourth-order valence-electron chi connectivity index (χ4n) is 4.51. The second-order valence-electron chi connectivity index (χ2n) is 9.38. The number of nitrogens with zero attached hydrogens (tertiary/aromatic N) is 4. The van der Waals surface area contributed by atoms with Crippen LogP contribution >= 0.6 is 0 Å². The fraction of sp³-hybridized carbons (Fsp3) is 0.172. The van der Waals surface area contributed by atoms with E-state index < -0.39 is 11.3 Å². The third-order valence-corrected chi connectivity index (χ3v) is 6.50. The number of aromatic nitrogens is 2. The van der Waals surface area contributed by atoms with Gasteiger partial charge in [-0.25, -0.2) is 0 Å². The van der Waals surface area contributed by atoms with E-state index in [1.807, 2.05) is 86.6 Å². The van der Waals surface area contributed by atoms with Gasteiger partial charge in [-0.2, -0.15) is 0 Å². The summed E-state index contributed by atoms with van der Waals surface area (Å²) in [6.07, 6.45) is 7.14. The number of hydrogen-bond donors (Lipinski definition) is 3. The smallest absolute Gasteiger partial charge is 0.233 e. The molecule has 0 saturated carbocycles. The number of benzene rings is 2. The molecule has 0 bridgehead atoms. The van der Waals surface area contributed by atoms with Crippen molar-refractivity contribution in [1.82, 2.24) is 9.97 Å². The van der Waals surface area contributed by atoms with Crippen LogP contribution in [0.5, 0.6) is 0 Å². The van der Waals surface area contributed by atoms with Crippen LogP contribution in [0.1, 0.15) is 11.3 Å². The second kappa shape index (κ2) is 9.73. The number of anilines is 4. The number of allylic oxidation sites excluding steroid dienone is 1. The molecule has 1 aliphatic heterocycles. The number of nitrogens with one attached hydrogen (secondary N) is 2. The summed E-state index contributed by atoms with van der Waals surface area (Å²) in [6.45, 7) is 2.17. The van der Waals surface area contributed by atoms with E-state index in [2.05, 4.69) is 31.7 Å². The number of fused-ring (bicyclic) bond motifs is 1. The zero-order valence-corrected chi connectivity index (χ0v) is 21.1. The van der Waals surface area contributed by atoms with Crippen LogP contribution in [-0.4, -0.2) is 42.7 Å². The van der Waals surface area contributed by atoms with Gasteiger partial charge in [0.1, 0.15) is 5.41 Å². The number of pyridine rings is 2. The van der Waals surface area contributed by atoms with Crippen molar-refractivity contribution in [2.24, 2.45) is 10.7 Å². The molecule has 37 heavy (non-hydrogen) atoms. The van der Waals surface area contributed by atoms with Gasteiger partial charge in [0, 0.05) is 66.5 Å². The topological polar surface area (TPSA) is 109 Å². The molecule has 2 aromatic carbocycles. The van der Waals surface area contributed by atoms with Crippen molar-refractivity contribution in [1.29, 1.82) is 0 Å². The number of primary amides is 1. The van der Waals surface area contributed by atoms with Crippen LogP contribution in [0.15, 0.2) is 89.8 Å². The van der Waals surface area contributed by atoms with E-state index >= 15 is 0 Å². The molecule has 0 fully saturated rings. The van der Waals surface area contributed by atoms with Gasteiger partial charge in [0.2, 0.25) is 5.91 Å². The van der Waals surface area contributed by atoms with Crippen LogP contribution in [0.3, 0.4) is 0 Å². The second-order valence-corrected chi connectivity index (χ2v) is 9.38. The SMILES string of the molecule is Cc1cc(Nc2cccc(C3(C(N)=O)C=C(Nc4ccnc5ccc(N(C)C)cc45)C=NC3)c2)ccn1. The molecule has 0 radical (unpaired) electrons. The molecule has 5 rings (SSSR count). The molecule has 3 heterocycles. The Balaban J connectivity index is 1.50. The Labute approximate surface area is 216 Å². The van der Waals surface area contributed by atoms with E-state index in [0.29, 0.717) is 5.70 Å². The van der Waals surface area contributed by atoms with Gasteiger partial charge in [-0.15, -0.1) is 0 Å². The van der Waals surface area contributed by atoms with Crippen LogP contribution in [0.2, 0.25) is 0 Å². The van der Waals surface area contributed by atoms with Crippen molar-refractivity contribution in [3.8, 4) is 0 Å². The van der Waals surface area contributed by atoms with Gasteiger partial charge in [0.15, 0.2) is 0 Å². The summed E-state index contributed by atoms with van der Waals surface area (Å²) in [5.74, 6) is -0.463. The lowest BCUT2D eigenvalue weighted by Gasteiger charge is -2.30. The number of carbonyl (C=O) groups is 1. The van der Waals surface area contributed by atoms with E-state index in [9.17, 15) is 4.79 Å². The van der Waals surface area contributed by atoms with Crippen molar-refractivity contribution in [2.45, 2.75) is 12.3 Å². The molecule has 4 aromatic rings. The van der Waals surface area contributed by atoms with Crippen LogP contribution in [0, 0.1) is 6.92 Å². The number of rotatable bonds is 7. The van der Waals surface area contributed by atoms with Gasteiger partial charge in [-0.1, -0.05) is 12.1 Å². The predicted octanol–water partition coefficient (Wildman–Crippen LogP) is 4.55. The minimum Gasteiger partial charge on any atom is -0.378 e. The van der Waals surface area contributed by atoms with Crippen molar-refractivity contribution < 1.29 is 4.79 Å². The number of carbonyl (C=O) groups excluding carboxylic acids is 1. The quantitative estimate of drug-likeness (QED) is 0.350. The average Bonchev–Trinajstić information content (AvgIpc) is 2.89. The fourth-order valence-corrected chi connectivity index (χ4v) is 4.51. The van der Waals surface area contributed by atoms with E-state index in [1.54, 1.807) is 18.6 Å². The molecule has 1 aliphatic rings. The summed E-state index contributed by atoms with van der Waals surface area (Å²) in [5.41, 5.74) is 11.9. The molecule has 8 heteroatoms. The molecule has 0 saturated heterocycles. The standard InChI is InChI=1S/C29H29N7O/c1-19-13-22(9-11-32-19)34-21-6-4-5-20(14-21)29(28(30)37)16-23(17-31-18-29)35-27-10-12-33-26-8-7-24(36(2)3)15-25(26)27/h4-17H,18H2,1-3H3,(H2,30,37)(H,32,34)(H,33,35). The zero-order valence-electron chi connectivity index (χ0n) is 21.1. The van der Waals surface area contributed by atoms with Crippen LogP contribution in [0.4, 0.5) is 22.7 Å². The summed E-state index contributed by atoms with van der Waals surface area (Å²) in [6, 6.07) is 19.6. The number of dihydropyridines is 1. The highest BCUT2D eigenvalue weighted by molar-refractivity contribution is 5.99. The van der Waals surface area contributed by atoms with Gasteiger partial charge in [-0.05, 0) is 67.1 Å². The van der Waals surface area contributed by atoms with E-state index in [1.165, 1.54) is 0 Å². The molecule has 0 aliphatic carbocycles. The first-order chi connectivity index (χ1) is 17.8. The molecule has 4 N–H and O–H groups in total. The Bertz CT molecular complexity index is 1540. The minimum atomic E-state index is -1.10. The van der Waals surface area contributed by atoms with Crippen LogP contribution in [-0.2, 0) is 10.2 Å². The van der Waals surface area contributed by atoms with Gasteiger partial charge in [-0.3, -0.25) is 19.8 Å². The van der Waals surface area contributed by atoms with Gasteiger partial charge < -0.3 is 21.3 Å². The number of aliphatic imine (C=N–C) groups is 1. The number of amides is 1. The molecular weight excluding hydrogens is 462 g/mol. The zero-order chi connectivity index (χ0) is 26.0. The molecular formula is C29H29N7O. The van der Waals surface area contributed by atoms with Crippen LogP contribution < -0.4 is 21.3 Å². The monoisotopic (exact) mass is 491 g/mol. The maximum Gasteiger partial charge on any atom is 0.233 e. The molecule has 1 amide bonds. The molecule has 1 atom stereocenters. The number of nitrogens with two attached hydrogens (primary N) is 1. The van der Waals surface area contributed by atoms with E-state index in [-0.39, 0.29) is 6.54 Å². The van der Waals surface area contributed by atoms with E-state index in [4.69, 9.17) is 5.73 Å². The first-order valence-corrected chi connectivity index (χ1v) is 12.0. The van der Waals surface area contributed by atoms with Crippen molar-refractivity contribution in [3.05, 3.63) is 96.1 Å². The number of hydrogen-bond acceptors (Lipinski definition) is 7. The largest absolute Gasteiger partial charge is 0.378 e. The van der Waals surface area contributed by atoms with Crippen LogP contribution in [0.25, 0.3) is 10.9 Å². The lowest BCUT2D eigenvalue weighted by Crippen LogP contribution is -2.44. The third kappa shape index (κ3) is 4.86. The first kappa shape index (κ1) is 24.0. The molecule has 0 spiro atoms.